The second-order valence-corrected chi connectivity index (χ2v) is 10.4. The van der Waals surface area contributed by atoms with Crippen molar-refractivity contribution in [3.63, 3.8) is 0 Å². The molecule has 0 aliphatic rings. The van der Waals surface area contributed by atoms with Crippen LogP contribution < -0.4 is 4.74 Å². The van der Waals surface area contributed by atoms with E-state index in [1.807, 2.05) is 0 Å². The standard InChI is InChI=1S/C32H18F12O5/c33-27(31(39,40)41,29(35,36)21-5-1-17(2-6-21)25(45)46)19-9-13-23(14-10-19)49-24-15-11-20(12-16-24)28(34,32(42,43)44)30(37,38)22-7-3-18(4-8-22)26(47)48/h1-16H,(H,45,46)(H,47,48). The van der Waals surface area contributed by atoms with Crippen LogP contribution in [0.4, 0.5) is 52.7 Å². The summed E-state index contributed by atoms with van der Waals surface area (Å²) in [4.78, 5) is 21.9. The number of hydrogen-bond acceptors (Lipinski definition) is 3. The Morgan fingerprint density at radius 1 is 0.408 bits per heavy atom. The van der Waals surface area contributed by atoms with E-state index in [0.717, 1.165) is 0 Å². The maximum atomic E-state index is 15.6. The van der Waals surface area contributed by atoms with E-state index in [-0.39, 0.29) is 24.3 Å². The smallest absolute Gasteiger partial charge is 0.433 e. The van der Waals surface area contributed by atoms with Crippen molar-refractivity contribution in [2.24, 2.45) is 0 Å². The molecule has 0 radical (unpaired) electrons. The molecule has 0 aliphatic heterocycles. The quantitative estimate of drug-likeness (QED) is 0.160. The van der Waals surface area contributed by atoms with Crippen LogP contribution in [-0.2, 0) is 23.2 Å². The molecular weight excluding hydrogens is 692 g/mol. The fraction of sp³-hybridized carbons (Fsp3) is 0.188. The molecule has 0 fully saturated rings. The Bertz CT molecular complexity index is 1680. The molecule has 0 amide bonds. The van der Waals surface area contributed by atoms with Crippen molar-refractivity contribution in [3.05, 3.63) is 130 Å². The van der Waals surface area contributed by atoms with E-state index in [0.29, 0.717) is 72.8 Å². The number of carbonyl (C=O) groups is 2. The predicted octanol–water partition coefficient (Wildman–Crippen LogP) is 9.91. The minimum Gasteiger partial charge on any atom is -0.478 e. The summed E-state index contributed by atoms with van der Waals surface area (Å²) in [5, 5.41) is 17.8. The summed E-state index contributed by atoms with van der Waals surface area (Å²) in [6.45, 7) is 0. The third-order valence-electron chi connectivity index (χ3n) is 7.38. The second-order valence-electron chi connectivity index (χ2n) is 10.4. The molecule has 17 heteroatoms. The van der Waals surface area contributed by atoms with Gasteiger partial charge in [-0.1, -0.05) is 48.5 Å². The molecule has 2 N–H and O–H groups in total. The van der Waals surface area contributed by atoms with Gasteiger partial charge in [-0.2, -0.15) is 43.9 Å². The summed E-state index contributed by atoms with van der Waals surface area (Å²) in [5.41, 5.74) is -18.1. The highest BCUT2D eigenvalue weighted by Crippen LogP contribution is 2.58. The van der Waals surface area contributed by atoms with Crippen LogP contribution in [0.1, 0.15) is 43.0 Å². The van der Waals surface area contributed by atoms with Gasteiger partial charge in [-0.05, 0) is 48.5 Å². The molecule has 0 heterocycles. The monoisotopic (exact) mass is 710 g/mol. The number of hydrogen-bond donors (Lipinski definition) is 2. The first-order chi connectivity index (χ1) is 22.5. The molecule has 0 saturated heterocycles. The van der Waals surface area contributed by atoms with Crippen LogP contribution in [0.2, 0.25) is 0 Å². The first-order valence-corrected chi connectivity index (χ1v) is 13.3. The molecular formula is C32H18F12O5. The molecule has 4 aromatic rings. The van der Waals surface area contributed by atoms with Gasteiger partial charge in [0.1, 0.15) is 11.5 Å². The van der Waals surface area contributed by atoms with E-state index in [2.05, 4.69) is 0 Å². The zero-order valence-corrected chi connectivity index (χ0v) is 23.9. The Hall–Kier alpha value is -5.22. The van der Waals surface area contributed by atoms with Crippen molar-refractivity contribution < 1.29 is 77.2 Å². The number of ether oxygens (including phenoxy) is 1. The Morgan fingerprint density at radius 2 is 0.653 bits per heavy atom. The van der Waals surface area contributed by atoms with E-state index in [9.17, 15) is 35.9 Å². The number of carboxylic acid groups (broad SMARTS) is 2. The summed E-state index contributed by atoms with van der Waals surface area (Å²) in [5.74, 6) is -14.8. The zero-order valence-electron chi connectivity index (χ0n) is 23.9. The third-order valence-corrected chi connectivity index (χ3v) is 7.38. The van der Waals surface area contributed by atoms with Gasteiger partial charge in [0.25, 0.3) is 11.3 Å². The van der Waals surface area contributed by atoms with E-state index >= 15 is 26.3 Å². The Labute approximate surface area is 267 Å². The number of rotatable bonds is 10. The largest absolute Gasteiger partial charge is 0.478 e. The Kier molecular flexibility index (Phi) is 9.22. The fourth-order valence-corrected chi connectivity index (χ4v) is 4.73. The van der Waals surface area contributed by atoms with Crippen LogP contribution in [0.5, 0.6) is 11.5 Å². The average Bonchev–Trinajstić information content (AvgIpc) is 3.03. The van der Waals surface area contributed by atoms with Gasteiger partial charge < -0.3 is 14.9 Å². The van der Waals surface area contributed by atoms with Crippen LogP contribution in [-0.4, -0.2) is 34.5 Å². The molecule has 0 aliphatic carbocycles. The van der Waals surface area contributed by atoms with Crippen LogP contribution in [0, 0.1) is 0 Å². The SMILES string of the molecule is O=C(O)c1ccc(C(F)(F)C(F)(c2ccc(Oc3ccc(C(F)(C(F)(F)F)C(F)(F)c4ccc(C(=O)O)cc4)cc3)cc2)C(F)(F)F)cc1. The predicted molar refractivity (Wildman–Crippen MR) is 145 cm³/mol. The molecule has 49 heavy (non-hydrogen) atoms. The van der Waals surface area contributed by atoms with Crippen molar-refractivity contribution >= 4 is 11.9 Å². The van der Waals surface area contributed by atoms with Gasteiger partial charge in [-0.25, -0.2) is 18.4 Å². The van der Waals surface area contributed by atoms with Crippen molar-refractivity contribution in [1.29, 1.82) is 0 Å². The Morgan fingerprint density at radius 3 is 0.878 bits per heavy atom. The van der Waals surface area contributed by atoms with Gasteiger partial charge >= 0.3 is 36.1 Å². The van der Waals surface area contributed by atoms with Gasteiger partial charge in [-0.3, -0.25) is 0 Å². The molecule has 0 aromatic heterocycles. The average molecular weight is 710 g/mol. The van der Waals surface area contributed by atoms with E-state index in [4.69, 9.17) is 14.9 Å². The van der Waals surface area contributed by atoms with Crippen molar-refractivity contribution in [1.82, 2.24) is 0 Å². The molecule has 0 bridgehead atoms. The summed E-state index contributed by atoms with van der Waals surface area (Å²) in [7, 11) is 0. The lowest BCUT2D eigenvalue weighted by Gasteiger charge is -2.35. The molecule has 260 valence electrons. The van der Waals surface area contributed by atoms with Crippen LogP contribution in [0.3, 0.4) is 0 Å². The van der Waals surface area contributed by atoms with Gasteiger partial charge in [0, 0.05) is 22.3 Å². The molecule has 2 atom stereocenters. The molecule has 5 nitrogen and oxygen atoms in total. The highest BCUT2D eigenvalue weighted by Gasteiger charge is 2.73. The molecule has 0 saturated carbocycles. The number of halogens is 12. The zero-order chi connectivity index (χ0) is 36.8. The molecule has 4 aromatic carbocycles. The number of carboxylic acids is 2. The van der Waals surface area contributed by atoms with Gasteiger partial charge in [0.05, 0.1) is 11.1 Å². The van der Waals surface area contributed by atoms with Gasteiger partial charge in [-0.15, -0.1) is 0 Å². The van der Waals surface area contributed by atoms with Crippen LogP contribution in [0.25, 0.3) is 0 Å². The molecule has 4 rings (SSSR count). The van der Waals surface area contributed by atoms with Gasteiger partial charge in [0.15, 0.2) is 0 Å². The van der Waals surface area contributed by atoms with Crippen molar-refractivity contribution in [2.45, 2.75) is 35.5 Å². The van der Waals surface area contributed by atoms with Gasteiger partial charge in [0.2, 0.25) is 0 Å². The molecule has 0 spiro atoms. The topological polar surface area (TPSA) is 83.8 Å². The second kappa shape index (κ2) is 12.3. The Balaban J connectivity index is 1.64. The third kappa shape index (κ3) is 6.24. The summed E-state index contributed by atoms with van der Waals surface area (Å²) >= 11 is 0. The van der Waals surface area contributed by atoms with E-state index in [1.165, 1.54) is 0 Å². The fourth-order valence-electron chi connectivity index (χ4n) is 4.73. The number of aromatic carboxylic acids is 2. The maximum absolute atomic E-state index is 15.6. The first-order valence-electron chi connectivity index (χ1n) is 13.3. The van der Waals surface area contributed by atoms with Crippen LogP contribution >= 0.6 is 0 Å². The van der Waals surface area contributed by atoms with E-state index in [1.54, 1.807) is 0 Å². The number of benzene rings is 4. The minimum absolute atomic E-state index is 0.267. The summed E-state index contributed by atoms with van der Waals surface area (Å²) < 4.78 is 181. The lowest BCUT2D eigenvalue weighted by Crippen LogP contribution is -2.51. The van der Waals surface area contributed by atoms with Crippen molar-refractivity contribution in [3.8, 4) is 11.5 Å². The minimum atomic E-state index is -6.24. The summed E-state index contributed by atoms with van der Waals surface area (Å²) in [6, 6.07) is 6.80. The number of alkyl halides is 12. The molecule has 2 unspecified atom stereocenters. The highest BCUT2D eigenvalue weighted by atomic mass is 19.4. The highest BCUT2D eigenvalue weighted by molar-refractivity contribution is 5.88. The van der Waals surface area contributed by atoms with Crippen molar-refractivity contribution in [2.75, 3.05) is 0 Å². The van der Waals surface area contributed by atoms with Crippen LogP contribution in [0.15, 0.2) is 97.1 Å². The maximum Gasteiger partial charge on any atom is 0.433 e. The normalized spacial score (nSPS) is 15.2. The lowest BCUT2D eigenvalue weighted by molar-refractivity contribution is -0.315. The first kappa shape index (κ1) is 36.6. The lowest BCUT2D eigenvalue weighted by atomic mass is 9.84. The van der Waals surface area contributed by atoms with E-state index < -0.39 is 92.4 Å². The summed E-state index contributed by atoms with van der Waals surface area (Å²) in [6.07, 6.45) is -12.5.